The van der Waals surface area contributed by atoms with Gasteiger partial charge in [0.05, 0.1) is 0 Å². The lowest BCUT2D eigenvalue weighted by Gasteiger charge is -2.56. The highest BCUT2D eigenvalue weighted by Gasteiger charge is 2.53. The summed E-state index contributed by atoms with van der Waals surface area (Å²) in [5.74, 6) is 0. The maximum Gasteiger partial charge on any atom is -0.000263 e. The van der Waals surface area contributed by atoms with Crippen LogP contribution in [0, 0.1) is 10.8 Å². The predicted octanol–water partition coefficient (Wildman–Crippen LogP) is 5.66. The average molecular weight is 262 g/mol. The minimum absolute atomic E-state index is 0.194. The molecule has 1 aliphatic rings. The van der Waals surface area contributed by atoms with Crippen LogP contribution < -0.4 is 0 Å². The Labute approximate surface area is 122 Å². The van der Waals surface area contributed by atoms with Gasteiger partial charge in [0, 0.05) is 0 Å². The van der Waals surface area contributed by atoms with Crippen LogP contribution in [0.4, 0.5) is 0 Å². The van der Waals surface area contributed by atoms with E-state index < -0.39 is 0 Å². The molecule has 0 unspecified atom stereocenters. The van der Waals surface area contributed by atoms with Gasteiger partial charge in [-0.05, 0) is 33.1 Å². The molecule has 0 bridgehead atoms. The molecule has 0 aromatic heterocycles. The Morgan fingerprint density at radius 2 is 0.800 bits per heavy atom. The van der Waals surface area contributed by atoms with Gasteiger partial charge in [-0.3, -0.25) is 0 Å². The lowest BCUT2D eigenvalue weighted by molar-refractivity contribution is 0.226. The summed E-state index contributed by atoms with van der Waals surface area (Å²) in [6.07, 6.45) is 0. The molecule has 0 atom stereocenters. The van der Waals surface area contributed by atoms with Gasteiger partial charge in [0.1, 0.15) is 0 Å². The van der Waals surface area contributed by atoms with E-state index in [1.807, 2.05) is 0 Å². The Kier molecular flexibility index (Phi) is 2.86. The molecule has 102 valence electrons. The smallest absolute Gasteiger partial charge is 0.000263 e. The molecule has 0 heteroatoms. The Balaban J connectivity index is 2.25. The van der Waals surface area contributed by atoms with E-state index in [9.17, 15) is 0 Å². The molecule has 1 aliphatic carbocycles. The zero-order valence-electron chi connectivity index (χ0n) is 12.8. The molecule has 0 radical (unpaired) electrons. The molecule has 2 aromatic carbocycles. The second-order valence-corrected chi connectivity index (χ2v) is 6.73. The second kappa shape index (κ2) is 4.34. The first-order valence-electron chi connectivity index (χ1n) is 7.32. The number of rotatable bonds is 2. The van der Waals surface area contributed by atoms with Crippen LogP contribution in [-0.4, -0.2) is 0 Å². The molecule has 0 fully saturated rings. The summed E-state index contributed by atoms with van der Waals surface area (Å²) in [4.78, 5) is 0. The van der Waals surface area contributed by atoms with Crippen molar-refractivity contribution in [1.82, 2.24) is 0 Å². The van der Waals surface area contributed by atoms with Crippen molar-refractivity contribution in [3.63, 3.8) is 0 Å². The van der Waals surface area contributed by atoms with Crippen molar-refractivity contribution in [3.8, 4) is 0 Å². The molecular weight excluding hydrogens is 240 g/mol. The van der Waals surface area contributed by atoms with Gasteiger partial charge in [0.25, 0.3) is 0 Å². The SMILES string of the molecule is CC1(C)C(c2ccccc2)=C(c2ccccc2)C1(C)C. The maximum atomic E-state index is 2.36. The van der Waals surface area contributed by atoms with Crippen LogP contribution in [0.1, 0.15) is 38.8 Å². The Morgan fingerprint density at radius 1 is 0.500 bits per heavy atom. The van der Waals surface area contributed by atoms with Crippen molar-refractivity contribution in [2.45, 2.75) is 27.7 Å². The highest BCUT2D eigenvalue weighted by Crippen LogP contribution is 2.67. The van der Waals surface area contributed by atoms with Gasteiger partial charge in [0.15, 0.2) is 0 Å². The van der Waals surface area contributed by atoms with Gasteiger partial charge >= 0.3 is 0 Å². The Morgan fingerprint density at radius 3 is 1.10 bits per heavy atom. The van der Waals surface area contributed by atoms with E-state index in [1.165, 1.54) is 22.3 Å². The third-order valence-corrected chi connectivity index (χ3v) is 5.19. The predicted molar refractivity (Wildman–Crippen MR) is 87.3 cm³/mol. The first-order valence-corrected chi connectivity index (χ1v) is 7.32. The summed E-state index contributed by atoms with van der Waals surface area (Å²) in [6, 6.07) is 21.6. The standard InChI is InChI=1S/C20H22/c1-19(2)17(15-11-7-5-8-12-15)18(20(19,3)4)16-13-9-6-10-14-16/h5-14H,1-4H3. The van der Waals surface area contributed by atoms with Crippen LogP contribution in [-0.2, 0) is 0 Å². The fourth-order valence-electron chi connectivity index (χ4n) is 3.41. The van der Waals surface area contributed by atoms with Crippen LogP contribution in [0.15, 0.2) is 60.7 Å². The normalized spacial score (nSPS) is 19.6. The molecule has 0 N–H and O–H groups in total. The van der Waals surface area contributed by atoms with Gasteiger partial charge < -0.3 is 0 Å². The molecule has 3 rings (SSSR count). The third kappa shape index (κ3) is 1.67. The lowest BCUT2D eigenvalue weighted by atomic mass is 9.47. The van der Waals surface area contributed by atoms with Gasteiger partial charge in [0.2, 0.25) is 0 Å². The number of hydrogen-bond acceptors (Lipinski definition) is 0. The molecule has 0 saturated carbocycles. The lowest BCUT2D eigenvalue weighted by Crippen LogP contribution is -2.44. The fraction of sp³-hybridized carbons (Fsp3) is 0.300. The van der Waals surface area contributed by atoms with Crippen molar-refractivity contribution in [2.75, 3.05) is 0 Å². The minimum atomic E-state index is 0.194. The van der Waals surface area contributed by atoms with Crippen molar-refractivity contribution >= 4 is 11.1 Å². The highest BCUT2D eigenvalue weighted by atomic mass is 14.6. The fourth-order valence-corrected chi connectivity index (χ4v) is 3.41. The van der Waals surface area contributed by atoms with E-state index in [0.29, 0.717) is 0 Å². The van der Waals surface area contributed by atoms with E-state index in [4.69, 9.17) is 0 Å². The number of hydrogen-bond donors (Lipinski definition) is 0. The van der Waals surface area contributed by atoms with Crippen molar-refractivity contribution < 1.29 is 0 Å². The first-order chi connectivity index (χ1) is 9.46. The monoisotopic (exact) mass is 262 g/mol. The summed E-state index contributed by atoms with van der Waals surface area (Å²) >= 11 is 0. The Bertz CT molecular complexity index is 583. The molecule has 2 aromatic rings. The van der Waals surface area contributed by atoms with Gasteiger partial charge in [-0.2, -0.15) is 0 Å². The largest absolute Gasteiger partial charge is 0.0622 e. The topological polar surface area (TPSA) is 0 Å². The number of allylic oxidation sites excluding steroid dienone is 2. The van der Waals surface area contributed by atoms with Gasteiger partial charge in [-0.25, -0.2) is 0 Å². The van der Waals surface area contributed by atoms with Gasteiger partial charge in [-0.15, -0.1) is 0 Å². The summed E-state index contributed by atoms with van der Waals surface area (Å²) in [7, 11) is 0. The van der Waals surface area contributed by atoms with Crippen molar-refractivity contribution in [2.24, 2.45) is 10.8 Å². The number of benzene rings is 2. The average Bonchev–Trinajstić information content (AvgIpc) is 2.45. The van der Waals surface area contributed by atoms with Gasteiger partial charge in [-0.1, -0.05) is 88.4 Å². The van der Waals surface area contributed by atoms with Crippen molar-refractivity contribution in [1.29, 1.82) is 0 Å². The maximum absolute atomic E-state index is 2.36. The van der Waals surface area contributed by atoms with Crippen molar-refractivity contribution in [3.05, 3.63) is 71.8 Å². The molecule has 0 spiro atoms. The summed E-state index contributed by atoms with van der Waals surface area (Å²) in [6.45, 7) is 9.45. The third-order valence-electron chi connectivity index (χ3n) is 5.19. The summed E-state index contributed by atoms with van der Waals surface area (Å²) in [5, 5.41) is 0. The summed E-state index contributed by atoms with van der Waals surface area (Å²) in [5.41, 5.74) is 6.09. The van der Waals surface area contributed by atoms with Crippen LogP contribution in [0.2, 0.25) is 0 Å². The van der Waals surface area contributed by atoms with E-state index in [-0.39, 0.29) is 10.8 Å². The molecule has 0 saturated heterocycles. The molecule has 0 nitrogen and oxygen atoms in total. The second-order valence-electron chi connectivity index (χ2n) is 6.73. The van der Waals surface area contributed by atoms with Crippen LogP contribution in [0.25, 0.3) is 11.1 Å². The van der Waals surface area contributed by atoms with E-state index >= 15 is 0 Å². The highest BCUT2D eigenvalue weighted by molar-refractivity contribution is 6.03. The van der Waals surface area contributed by atoms with Crippen LogP contribution in [0.5, 0.6) is 0 Å². The molecule has 0 amide bonds. The van der Waals surface area contributed by atoms with E-state index in [1.54, 1.807) is 0 Å². The molecule has 0 heterocycles. The summed E-state index contributed by atoms with van der Waals surface area (Å²) < 4.78 is 0. The van der Waals surface area contributed by atoms with Crippen LogP contribution in [0.3, 0.4) is 0 Å². The van der Waals surface area contributed by atoms with E-state index in [2.05, 4.69) is 88.4 Å². The van der Waals surface area contributed by atoms with E-state index in [0.717, 1.165) is 0 Å². The zero-order chi connectivity index (χ0) is 14.4. The quantitative estimate of drug-likeness (QED) is 0.654. The minimum Gasteiger partial charge on any atom is -0.0622 e. The molecular formula is C20H22. The Hall–Kier alpha value is -1.82. The molecule has 20 heavy (non-hydrogen) atoms. The first kappa shape index (κ1) is 13.2. The zero-order valence-corrected chi connectivity index (χ0v) is 12.8. The van der Waals surface area contributed by atoms with Crippen LogP contribution >= 0.6 is 0 Å². The molecule has 0 aliphatic heterocycles.